The van der Waals surface area contributed by atoms with E-state index in [0.717, 1.165) is 59.8 Å². The maximum atomic E-state index is 13.4. The Labute approximate surface area is 241 Å². The number of fused-ring (bicyclic) bond motifs is 1. The number of anilines is 2. The van der Waals surface area contributed by atoms with Crippen molar-refractivity contribution in [1.29, 1.82) is 0 Å². The molecular weight excluding hydrogens is 539 g/mol. The summed E-state index contributed by atoms with van der Waals surface area (Å²) in [6, 6.07) is 8.06. The number of hydrogen-bond acceptors (Lipinski definition) is 10. The monoisotopic (exact) mass is 570 g/mol. The van der Waals surface area contributed by atoms with Gasteiger partial charge in [-0.05, 0) is 30.7 Å². The first kappa shape index (κ1) is 26.4. The number of piperazine rings is 1. The smallest absolute Gasteiger partial charge is 0.225 e. The molecule has 216 valence electrons. The predicted octanol–water partition coefficient (Wildman–Crippen LogP) is 2.00. The number of aliphatic hydroxyl groups is 1. The summed E-state index contributed by atoms with van der Waals surface area (Å²) in [6.07, 6.45) is 10.2. The quantitative estimate of drug-likeness (QED) is 0.312. The molecule has 1 aromatic carbocycles. The molecule has 2 aliphatic heterocycles. The molecule has 3 atom stereocenters. The third kappa shape index (κ3) is 4.74. The minimum atomic E-state index is -0.843. The van der Waals surface area contributed by atoms with E-state index in [-0.39, 0.29) is 11.9 Å². The second-order valence-corrected chi connectivity index (χ2v) is 11.0. The van der Waals surface area contributed by atoms with Crippen molar-refractivity contribution >= 4 is 17.3 Å². The number of halogens is 1. The van der Waals surface area contributed by atoms with Gasteiger partial charge in [0, 0.05) is 67.7 Å². The van der Waals surface area contributed by atoms with Crippen LogP contribution in [0.4, 0.5) is 16.2 Å². The molecule has 0 aliphatic carbocycles. The van der Waals surface area contributed by atoms with Crippen molar-refractivity contribution < 1.29 is 14.2 Å². The van der Waals surface area contributed by atoms with Crippen LogP contribution in [-0.4, -0.2) is 84.9 Å². The number of nitrogens with zero attached hydrogens (tertiary/aromatic N) is 9. The van der Waals surface area contributed by atoms with Crippen LogP contribution in [0.5, 0.6) is 0 Å². The van der Waals surface area contributed by atoms with Crippen LogP contribution in [0.25, 0.3) is 16.6 Å². The van der Waals surface area contributed by atoms with Crippen LogP contribution in [0.3, 0.4) is 0 Å². The van der Waals surface area contributed by atoms with Gasteiger partial charge in [-0.25, -0.2) is 23.9 Å². The number of nitrogens with two attached hydrogens (primary N) is 1. The van der Waals surface area contributed by atoms with Crippen molar-refractivity contribution in [2.24, 2.45) is 5.73 Å². The topological polar surface area (TPSA) is 136 Å². The predicted molar refractivity (Wildman–Crippen MR) is 154 cm³/mol. The van der Waals surface area contributed by atoms with Crippen LogP contribution in [0.2, 0.25) is 0 Å². The molecular formula is C29H31FN10O2. The van der Waals surface area contributed by atoms with E-state index < -0.39 is 11.6 Å². The number of aromatic nitrogens is 7. The Morgan fingerprint density at radius 1 is 0.905 bits per heavy atom. The van der Waals surface area contributed by atoms with Crippen LogP contribution in [-0.2, 0) is 10.3 Å². The highest BCUT2D eigenvalue weighted by atomic mass is 19.1. The highest BCUT2D eigenvalue weighted by Crippen LogP contribution is 2.30. The Bertz CT molecular complexity index is 1690. The maximum absolute atomic E-state index is 13.4. The molecule has 13 heteroatoms. The van der Waals surface area contributed by atoms with E-state index in [1.54, 1.807) is 41.7 Å². The van der Waals surface area contributed by atoms with Crippen LogP contribution >= 0.6 is 0 Å². The van der Waals surface area contributed by atoms with E-state index in [2.05, 4.69) is 41.0 Å². The zero-order chi connectivity index (χ0) is 28.8. The molecule has 6 heterocycles. The fraction of sp³-hybridized carbons (Fsp3) is 0.345. The second kappa shape index (κ2) is 10.4. The van der Waals surface area contributed by atoms with Gasteiger partial charge in [-0.1, -0.05) is 12.1 Å². The van der Waals surface area contributed by atoms with E-state index in [1.807, 2.05) is 23.8 Å². The Morgan fingerprint density at radius 2 is 1.64 bits per heavy atom. The lowest BCUT2D eigenvalue weighted by molar-refractivity contribution is 0.118. The molecule has 7 rings (SSSR count). The van der Waals surface area contributed by atoms with Gasteiger partial charge in [0.15, 0.2) is 5.82 Å². The van der Waals surface area contributed by atoms with Gasteiger partial charge >= 0.3 is 0 Å². The minimum absolute atomic E-state index is 0.183. The molecule has 5 aromatic rings. The number of hydrogen-bond donors (Lipinski definition) is 2. The van der Waals surface area contributed by atoms with Crippen LogP contribution < -0.4 is 15.5 Å². The first-order valence-electron chi connectivity index (χ1n) is 13.9. The average Bonchev–Trinajstić information content (AvgIpc) is 3.77. The van der Waals surface area contributed by atoms with Crippen LogP contribution in [0, 0.1) is 5.82 Å². The molecule has 0 saturated carbocycles. The molecule has 2 aliphatic rings. The lowest BCUT2D eigenvalue weighted by Crippen LogP contribution is -2.47. The first-order valence-corrected chi connectivity index (χ1v) is 13.9. The van der Waals surface area contributed by atoms with Crippen LogP contribution in [0.1, 0.15) is 24.1 Å². The third-order valence-corrected chi connectivity index (χ3v) is 8.23. The largest absolute Gasteiger partial charge is 0.388 e. The molecule has 2 fully saturated rings. The first-order chi connectivity index (χ1) is 20.4. The van der Waals surface area contributed by atoms with Crippen molar-refractivity contribution in [2.45, 2.75) is 24.6 Å². The van der Waals surface area contributed by atoms with Gasteiger partial charge in [0.2, 0.25) is 5.95 Å². The average molecular weight is 571 g/mol. The van der Waals surface area contributed by atoms with E-state index in [0.29, 0.717) is 19.2 Å². The third-order valence-electron chi connectivity index (χ3n) is 8.23. The molecule has 4 aromatic heterocycles. The second-order valence-electron chi connectivity index (χ2n) is 11.0. The summed E-state index contributed by atoms with van der Waals surface area (Å²) in [5.74, 6) is 1.20. The van der Waals surface area contributed by atoms with E-state index in [4.69, 9.17) is 10.5 Å². The summed E-state index contributed by atoms with van der Waals surface area (Å²) in [4.78, 5) is 18.2. The maximum Gasteiger partial charge on any atom is 0.225 e. The van der Waals surface area contributed by atoms with Gasteiger partial charge < -0.3 is 25.4 Å². The van der Waals surface area contributed by atoms with Crippen molar-refractivity contribution in [1.82, 2.24) is 34.3 Å². The fourth-order valence-electron chi connectivity index (χ4n) is 5.60. The van der Waals surface area contributed by atoms with Gasteiger partial charge in [0.05, 0.1) is 24.9 Å². The highest BCUT2D eigenvalue weighted by Gasteiger charge is 2.29. The molecule has 42 heavy (non-hydrogen) atoms. The summed E-state index contributed by atoms with van der Waals surface area (Å²) in [6.45, 7) is 5.55. The minimum Gasteiger partial charge on any atom is -0.388 e. The van der Waals surface area contributed by atoms with Crippen molar-refractivity contribution in [3.63, 3.8) is 0 Å². The molecule has 2 saturated heterocycles. The van der Waals surface area contributed by atoms with Gasteiger partial charge in [0.25, 0.3) is 0 Å². The Hall–Kier alpha value is -4.46. The molecule has 0 bridgehead atoms. The zero-order valence-electron chi connectivity index (χ0n) is 23.1. The zero-order valence-corrected chi connectivity index (χ0v) is 23.1. The number of ether oxygens (including phenoxy) is 1. The van der Waals surface area contributed by atoms with Crippen molar-refractivity contribution in [3.05, 3.63) is 84.6 Å². The van der Waals surface area contributed by atoms with Gasteiger partial charge in [-0.15, -0.1) is 0 Å². The SMILES string of the molecule is C[C@](N)(c1ccc(F)cc1)c1cnc(N2CCN(c3ncnn4cc(-c5cnn([C@@H]6COC[C@@H]6O)c5)cc34)CC2)nc1. The number of aliphatic hydroxyl groups excluding tert-OH is 1. The Balaban J connectivity index is 1.05. The Kier molecular flexibility index (Phi) is 6.56. The van der Waals surface area contributed by atoms with E-state index in [9.17, 15) is 9.50 Å². The number of benzene rings is 1. The molecule has 0 spiro atoms. The van der Waals surface area contributed by atoms with Gasteiger partial charge in [-0.2, -0.15) is 10.2 Å². The summed E-state index contributed by atoms with van der Waals surface area (Å²) in [5, 5.41) is 19.1. The summed E-state index contributed by atoms with van der Waals surface area (Å²) < 4.78 is 22.4. The van der Waals surface area contributed by atoms with Gasteiger partial charge in [0.1, 0.15) is 29.8 Å². The lowest BCUT2D eigenvalue weighted by Gasteiger charge is -2.35. The molecule has 0 radical (unpaired) electrons. The lowest BCUT2D eigenvalue weighted by atomic mass is 9.87. The molecule has 12 nitrogen and oxygen atoms in total. The van der Waals surface area contributed by atoms with E-state index in [1.165, 1.54) is 12.1 Å². The molecule has 3 N–H and O–H groups in total. The summed E-state index contributed by atoms with van der Waals surface area (Å²) in [5.41, 5.74) is 10.1. The molecule has 0 amide bonds. The van der Waals surface area contributed by atoms with E-state index >= 15 is 0 Å². The van der Waals surface area contributed by atoms with Gasteiger partial charge in [-0.3, -0.25) is 4.68 Å². The van der Waals surface area contributed by atoms with Crippen molar-refractivity contribution in [2.75, 3.05) is 49.2 Å². The van der Waals surface area contributed by atoms with Crippen molar-refractivity contribution in [3.8, 4) is 11.1 Å². The summed E-state index contributed by atoms with van der Waals surface area (Å²) >= 11 is 0. The molecule has 0 unspecified atom stereocenters. The summed E-state index contributed by atoms with van der Waals surface area (Å²) in [7, 11) is 0. The Morgan fingerprint density at radius 3 is 2.36 bits per heavy atom. The van der Waals surface area contributed by atoms with Crippen LogP contribution in [0.15, 0.2) is 67.6 Å². The number of rotatable bonds is 6. The normalized spacial score (nSPS) is 20.8. The standard InChI is InChI=1S/C29H31FN10O2/c1-29(31,21-2-4-23(30)5-3-21)22-12-32-28(33-13-22)38-8-6-37(7-9-38)27-24-10-19(14-39(24)36-18-34-27)20-11-35-40(15-20)25-16-42-17-26(25)41/h2-5,10-15,18,25-26,41H,6-9,16-17,31H2,1H3/t25-,26+,29+/m1/s1. The fourth-order valence-corrected chi connectivity index (χ4v) is 5.60. The highest BCUT2D eigenvalue weighted by molar-refractivity contribution is 5.77.